The molecule has 1 aliphatic rings. The summed E-state index contributed by atoms with van der Waals surface area (Å²) in [5, 5.41) is 10.4. The highest BCUT2D eigenvalue weighted by molar-refractivity contribution is 5.98. The van der Waals surface area contributed by atoms with Gasteiger partial charge in [-0.25, -0.2) is 8.78 Å². The Labute approximate surface area is 103 Å². The van der Waals surface area contributed by atoms with Gasteiger partial charge in [0, 0.05) is 18.7 Å². The van der Waals surface area contributed by atoms with E-state index in [0.717, 1.165) is 17.0 Å². The van der Waals surface area contributed by atoms with E-state index >= 15 is 0 Å². The van der Waals surface area contributed by atoms with E-state index in [0.29, 0.717) is 0 Å². The second-order valence-corrected chi connectivity index (χ2v) is 4.56. The molecule has 0 aromatic heterocycles. The number of nitrogens with one attached hydrogen (secondary N) is 2. The maximum atomic E-state index is 13.8. The Morgan fingerprint density at radius 2 is 2.11 bits per heavy atom. The van der Waals surface area contributed by atoms with Crippen LogP contribution < -0.4 is 5.32 Å². The summed E-state index contributed by atoms with van der Waals surface area (Å²) in [5.74, 6) is -1.79. The van der Waals surface area contributed by atoms with E-state index in [2.05, 4.69) is 5.32 Å². The van der Waals surface area contributed by atoms with Crippen LogP contribution in [0.3, 0.4) is 0 Å². The van der Waals surface area contributed by atoms with E-state index in [1.54, 1.807) is 6.92 Å². The van der Waals surface area contributed by atoms with Crippen molar-refractivity contribution in [3.05, 3.63) is 35.4 Å². The van der Waals surface area contributed by atoms with Gasteiger partial charge in [0.1, 0.15) is 11.6 Å². The molecular formula is C12H13F2N3O. The third-order valence-electron chi connectivity index (χ3n) is 3.13. The van der Waals surface area contributed by atoms with Crippen molar-refractivity contribution in [2.24, 2.45) is 0 Å². The first-order valence-electron chi connectivity index (χ1n) is 5.42. The summed E-state index contributed by atoms with van der Waals surface area (Å²) < 4.78 is 26.6. The zero-order chi connectivity index (χ0) is 13.5. The maximum Gasteiger partial charge on any atom is 0.231 e. The lowest BCUT2D eigenvalue weighted by atomic mass is 9.86. The largest absolute Gasteiger partial charge is 0.346 e. The first kappa shape index (κ1) is 12.5. The zero-order valence-electron chi connectivity index (χ0n) is 10.1. The molecule has 4 nitrogen and oxygen atoms in total. The van der Waals surface area contributed by atoms with Gasteiger partial charge >= 0.3 is 0 Å². The maximum absolute atomic E-state index is 13.8. The van der Waals surface area contributed by atoms with Crippen molar-refractivity contribution in [3.63, 3.8) is 0 Å². The molecule has 0 spiro atoms. The molecule has 1 atom stereocenters. The fourth-order valence-electron chi connectivity index (χ4n) is 2.03. The number of amides is 1. The lowest BCUT2D eigenvalue weighted by Crippen LogP contribution is -2.58. The molecule has 1 fully saturated rings. The summed E-state index contributed by atoms with van der Waals surface area (Å²) in [6.45, 7) is 1.61. The van der Waals surface area contributed by atoms with Gasteiger partial charge in [0.05, 0.1) is 12.0 Å². The molecule has 96 valence electrons. The Hall–Kier alpha value is -1.98. The highest BCUT2D eigenvalue weighted by Gasteiger charge is 2.39. The molecule has 1 saturated heterocycles. The molecule has 0 saturated carbocycles. The predicted octanol–water partition coefficient (Wildman–Crippen LogP) is 1.57. The molecule has 1 aromatic rings. The number of carbonyl (C=O) groups excluding carboxylic acids is 1. The van der Waals surface area contributed by atoms with Gasteiger partial charge in [-0.05, 0) is 13.0 Å². The van der Waals surface area contributed by atoms with Gasteiger partial charge in [0.15, 0.2) is 5.96 Å². The molecule has 1 aromatic carbocycles. The van der Waals surface area contributed by atoms with Gasteiger partial charge in [-0.1, -0.05) is 6.07 Å². The minimum absolute atomic E-state index is 0.00837. The van der Waals surface area contributed by atoms with Gasteiger partial charge in [-0.2, -0.15) is 0 Å². The molecule has 0 aliphatic carbocycles. The third kappa shape index (κ3) is 1.94. The summed E-state index contributed by atoms with van der Waals surface area (Å²) in [6, 6.07) is 3.20. The fourth-order valence-corrected chi connectivity index (χ4v) is 2.03. The van der Waals surface area contributed by atoms with Crippen molar-refractivity contribution in [2.45, 2.75) is 18.9 Å². The Bertz CT molecular complexity index is 512. The van der Waals surface area contributed by atoms with Crippen molar-refractivity contribution < 1.29 is 13.6 Å². The molecule has 0 bridgehead atoms. The monoisotopic (exact) mass is 253 g/mol. The second kappa shape index (κ2) is 4.04. The average Bonchev–Trinajstić information content (AvgIpc) is 2.25. The molecule has 1 heterocycles. The van der Waals surface area contributed by atoms with Crippen LogP contribution in [0.25, 0.3) is 0 Å². The molecule has 1 amide bonds. The van der Waals surface area contributed by atoms with Crippen LogP contribution in [0, 0.1) is 17.0 Å². The van der Waals surface area contributed by atoms with Gasteiger partial charge in [-0.15, -0.1) is 0 Å². The van der Waals surface area contributed by atoms with Crippen LogP contribution in [0.15, 0.2) is 18.2 Å². The molecule has 1 unspecified atom stereocenters. The number of rotatable bonds is 1. The average molecular weight is 253 g/mol. The van der Waals surface area contributed by atoms with Crippen molar-refractivity contribution in [1.82, 2.24) is 10.2 Å². The van der Waals surface area contributed by atoms with Gasteiger partial charge in [-0.3, -0.25) is 15.1 Å². The lowest BCUT2D eigenvalue weighted by molar-refractivity contribution is -0.129. The minimum atomic E-state index is -1.03. The fraction of sp³-hybridized carbons (Fsp3) is 0.333. The number of halogens is 2. The first-order chi connectivity index (χ1) is 8.33. The second-order valence-electron chi connectivity index (χ2n) is 4.56. The molecule has 2 N–H and O–H groups in total. The topological polar surface area (TPSA) is 56.2 Å². The highest BCUT2D eigenvalue weighted by atomic mass is 19.1. The lowest BCUT2D eigenvalue weighted by Gasteiger charge is -2.39. The van der Waals surface area contributed by atoms with E-state index in [1.165, 1.54) is 13.1 Å². The van der Waals surface area contributed by atoms with E-state index < -0.39 is 17.2 Å². The van der Waals surface area contributed by atoms with Crippen molar-refractivity contribution >= 4 is 11.9 Å². The number of nitrogens with zero attached hydrogens (tertiary/aromatic N) is 1. The Morgan fingerprint density at radius 1 is 1.44 bits per heavy atom. The summed E-state index contributed by atoms with van der Waals surface area (Å²) in [7, 11) is 1.47. The Balaban J connectivity index is 2.42. The minimum Gasteiger partial charge on any atom is -0.346 e. The van der Waals surface area contributed by atoms with Crippen LogP contribution in [-0.4, -0.2) is 23.8 Å². The molecule has 2 rings (SSSR count). The van der Waals surface area contributed by atoms with Gasteiger partial charge in [0.25, 0.3) is 0 Å². The molecule has 1 aliphatic heterocycles. The van der Waals surface area contributed by atoms with Crippen LogP contribution in [-0.2, 0) is 10.3 Å². The van der Waals surface area contributed by atoms with Crippen molar-refractivity contribution in [1.29, 1.82) is 5.41 Å². The van der Waals surface area contributed by atoms with Gasteiger partial charge in [0.2, 0.25) is 5.91 Å². The van der Waals surface area contributed by atoms with E-state index in [1.807, 2.05) is 0 Å². The van der Waals surface area contributed by atoms with Crippen LogP contribution in [0.5, 0.6) is 0 Å². The summed E-state index contributed by atoms with van der Waals surface area (Å²) in [6.07, 6.45) is 0.00837. The smallest absolute Gasteiger partial charge is 0.231 e. The number of hydrogen-bond acceptors (Lipinski definition) is 2. The molecule has 0 radical (unpaired) electrons. The van der Waals surface area contributed by atoms with E-state index in [4.69, 9.17) is 5.41 Å². The Morgan fingerprint density at radius 3 is 2.67 bits per heavy atom. The van der Waals surface area contributed by atoms with Crippen LogP contribution in [0.4, 0.5) is 8.78 Å². The molecular weight excluding hydrogens is 240 g/mol. The number of benzene rings is 1. The van der Waals surface area contributed by atoms with E-state index in [-0.39, 0.29) is 23.9 Å². The SMILES string of the molecule is CN1C(=N)NC(C)(c2ccc(F)cc2F)CC1=O. The van der Waals surface area contributed by atoms with Crippen LogP contribution >= 0.6 is 0 Å². The standard InChI is InChI=1S/C12H13F2N3O/c1-12(6-10(18)17(2)11(15)16-12)8-4-3-7(13)5-9(8)14/h3-5H,6H2,1-2H3,(H2,15,16). The zero-order valence-corrected chi connectivity index (χ0v) is 10.1. The first-order valence-corrected chi connectivity index (χ1v) is 5.42. The van der Waals surface area contributed by atoms with Crippen LogP contribution in [0.1, 0.15) is 18.9 Å². The Kier molecular flexibility index (Phi) is 2.80. The number of guanidine groups is 1. The van der Waals surface area contributed by atoms with Crippen molar-refractivity contribution in [3.8, 4) is 0 Å². The summed E-state index contributed by atoms with van der Waals surface area (Å²) in [4.78, 5) is 12.9. The van der Waals surface area contributed by atoms with Gasteiger partial charge < -0.3 is 5.32 Å². The van der Waals surface area contributed by atoms with Crippen LogP contribution in [0.2, 0.25) is 0 Å². The highest BCUT2D eigenvalue weighted by Crippen LogP contribution is 2.30. The normalized spacial score (nSPS) is 24.1. The van der Waals surface area contributed by atoms with Crippen molar-refractivity contribution in [2.75, 3.05) is 7.05 Å². The number of carbonyl (C=O) groups is 1. The predicted molar refractivity (Wildman–Crippen MR) is 62.0 cm³/mol. The summed E-state index contributed by atoms with van der Waals surface area (Å²) >= 11 is 0. The quantitative estimate of drug-likeness (QED) is 0.798. The third-order valence-corrected chi connectivity index (χ3v) is 3.13. The molecule has 18 heavy (non-hydrogen) atoms. The molecule has 6 heteroatoms. The summed E-state index contributed by atoms with van der Waals surface area (Å²) in [5.41, 5.74) is -0.853. The van der Waals surface area contributed by atoms with E-state index in [9.17, 15) is 13.6 Å². The number of hydrogen-bond donors (Lipinski definition) is 2.